The van der Waals surface area contributed by atoms with Crippen LogP contribution in [0.15, 0.2) is 24.3 Å². The van der Waals surface area contributed by atoms with Crippen molar-refractivity contribution in [3.8, 4) is 0 Å². The highest BCUT2D eigenvalue weighted by atomic mass is 32.2. The van der Waals surface area contributed by atoms with E-state index in [-0.39, 0.29) is 23.0 Å². The molecule has 0 spiro atoms. The lowest BCUT2D eigenvalue weighted by Gasteiger charge is -2.35. The Morgan fingerprint density at radius 2 is 1.86 bits per heavy atom. The van der Waals surface area contributed by atoms with Crippen LogP contribution in [0, 0.1) is 11.7 Å². The first kappa shape index (κ1) is 21.1. The average Bonchev–Trinajstić information content (AvgIpc) is 3.13. The zero-order valence-electron chi connectivity index (χ0n) is 16.7. The van der Waals surface area contributed by atoms with Gasteiger partial charge in [-0.25, -0.2) is 4.39 Å². The van der Waals surface area contributed by atoms with E-state index in [2.05, 4.69) is 5.32 Å². The molecule has 2 aliphatic rings. The molecule has 2 fully saturated rings. The van der Waals surface area contributed by atoms with Gasteiger partial charge < -0.3 is 15.1 Å². The Morgan fingerprint density at radius 1 is 1.18 bits per heavy atom. The van der Waals surface area contributed by atoms with Crippen LogP contribution < -0.4 is 5.32 Å². The number of hydrogen-bond acceptors (Lipinski definition) is 4. The van der Waals surface area contributed by atoms with Gasteiger partial charge in [-0.1, -0.05) is 19.3 Å². The highest BCUT2D eigenvalue weighted by Crippen LogP contribution is 2.41. The highest BCUT2D eigenvalue weighted by Gasteiger charge is 2.45. The molecule has 5 nitrogen and oxygen atoms in total. The number of rotatable bonds is 6. The van der Waals surface area contributed by atoms with E-state index in [0.717, 1.165) is 19.4 Å². The van der Waals surface area contributed by atoms with Crippen LogP contribution >= 0.6 is 11.8 Å². The lowest BCUT2D eigenvalue weighted by atomic mass is 9.88. The van der Waals surface area contributed by atoms with E-state index in [0.29, 0.717) is 23.8 Å². The standard InChI is InChI=1S/C21H30FN3O2S/c1-24(2)13-12-23-19(26)18-14-28-21(16-6-4-3-5-7-16)25(18)20(27)15-8-10-17(22)11-9-15/h8-11,16,18,21H,3-7,12-14H2,1-2H3,(H,23,26)/t18-,21-/m1/s1. The minimum absolute atomic E-state index is 0.0162. The zero-order chi connectivity index (χ0) is 20.1. The maximum absolute atomic E-state index is 13.3. The van der Waals surface area contributed by atoms with Crippen LogP contribution in [0.3, 0.4) is 0 Å². The van der Waals surface area contributed by atoms with Gasteiger partial charge in [0.25, 0.3) is 5.91 Å². The van der Waals surface area contributed by atoms with Crippen molar-refractivity contribution in [2.45, 2.75) is 43.5 Å². The molecule has 1 saturated carbocycles. The van der Waals surface area contributed by atoms with E-state index in [1.165, 1.54) is 43.5 Å². The van der Waals surface area contributed by atoms with Crippen molar-refractivity contribution in [1.29, 1.82) is 0 Å². The number of carbonyl (C=O) groups is 2. The number of benzene rings is 1. The fourth-order valence-corrected chi connectivity index (χ4v) is 5.67. The van der Waals surface area contributed by atoms with Crippen LogP contribution in [0.5, 0.6) is 0 Å². The summed E-state index contributed by atoms with van der Waals surface area (Å²) < 4.78 is 13.3. The Labute approximate surface area is 171 Å². The molecule has 3 rings (SSSR count). The molecule has 0 bridgehead atoms. The fourth-order valence-electron chi connectivity index (χ4n) is 4.03. The zero-order valence-corrected chi connectivity index (χ0v) is 17.5. The van der Waals surface area contributed by atoms with Crippen LogP contribution in [0.1, 0.15) is 42.5 Å². The first-order chi connectivity index (χ1) is 13.5. The van der Waals surface area contributed by atoms with Crippen LogP contribution in [-0.4, -0.2) is 66.0 Å². The maximum Gasteiger partial charge on any atom is 0.255 e. The average molecular weight is 408 g/mol. The first-order valence-electron chi connectivity index (χ1n) is 10.1. The molecule has 1 saturated heterocycles. The summed E-state index contributed by atoms with van der Waals surface area (Å²) in [5.74, 6) is 0.398. The van der Waals surface area contributed by atoms with Crippen LogP contribution in [0.2, 0.25) is 0 Å². The molecule has 1 aliphatic carbocycles. The number of nitrogens with zero attached hydrogens (tertiary/aromatic N) is 2. The Hall–Kier alpha value is -1.60. The molecular formula is C21H30FN3O2S. The summed E-state index contributed by atoms with van der Waals surface area (Å²) in [6, 6.07) is 5.16. The Morgan fingerprint density at radius 3 is 2.50 bits per heavy atom. The molecule has 1 heterocycles. The lowest BCUT2D eigenvalue weighted by Crippen LogP contribution is -2.52. The molecule has 0 radical (unpaired) electrons. The number of amides is 2. The minimum Gasteiger partial charge on any atom is -0.353 e. The number of likely N-dealkylation sites (N-methyl/N-ethyl adjacent to an activating group) is 1. The molecule has 7 heteroatoms. The maximum atomic E-state index is 13.3. The summed E-state index contributed by atoms with van der Waals surface area (Å²) in [5.41, 5.74) is 0.441. The monoisotopic (exact) mass is 407 g/mol. The number of halogens is 1. The SMILES string of the molecule is CN(C)CCNC(=O)[C@H]1CS[C@H](C2CCCCC2)N1C(=O)c1ccc(F)cc1. The predicted octanol–water partition coefficient (Wildman–Crippen LogP) is 2.97. The number of thioether (sulfide) groups is 1. The van der Waals surface area contributed by atoms with Gasteiger partial charge in [-0.3, -0.25) is 9.59 Å². The first-order valence-corrected chi connectivity index (χ1v) is 11.1. The van der Waals surface area contributed by atoms with Gasteiger partial charge in [0.1, 0.15) is 11.9 Å². The highest BCUT2D eigenvalue weighted by molar-refractivity contribution is 8.00. The molecule has 1 aromatic carbocycles. The van der Waals surface area contributed by atoms with E-state index >= 15 is 0 Å². The van der Waals surface area contributed by atoms with Crippen molar-refractivity contribution in [3.05, 3.63) is 35.6 Å². The van der Waals surface area contributed by atoms with Gasteiger partial charge in [-0.05, 0) is 57.1 Å². The van der Waals surface area contributed by atoms with Crippen LogP contribution in [0.25, 0.3) is 0 Å². The van der Waals surface area contributed by atoms with E-state index < -0.39 is 6.04 Å². The lowest BCUT2D eigenvalue weighted by molar-refractivity contribution is -0.125. The third-order valence-electron chi connectivity index (χ3n) is 5.57. The molecule has 0 aromatic heterocycles. The third-order valence-corrected chi connectivity index (χ3v) is 7.04. The van der Waals surface area contributed by atoms with Crippen molar-refractivity contribution in [1.82, 2.24) is 15.1 Å². The van der Waals surface area contributed by atoms with Crippen molar-refractivity contribution in [2.24, 2.45) is 5.92 Å². The largest absolute Gasteiger partial charge is 0.353 e. The molecule has 28 heavy (non-hydrogen) atoms. The number of hydrogen-bond donors (Lipinski definition) is 1. The smallest absolute Gasteiger partial charge is 0.255 e. The quantitative estimate of drug-likeness (QED) is 0.788. The summed E-state index contributed by atoms with van der Waals surface area (Å²) in [6.45, 7) is 1.31. The van der Waals surface area contributed by atoms with E-state index in [1.807, 2.05) is 19.0 Å². The summed E-state index contributed by atoms with van der Waals surface area (Å²) >= 11 is 1.72. The Bertz CT molecular complexity index is 677. The summed E-state index contributed by atoms with van der Waals surface area (Å²) in [5, 5.41) is 2.99. The molecule has 1 aromatic rings. The molecule has 1 N–H and O–H groups in total. The molecule has 1 aliphatic heterocycles. The summed E-state index contributed by atoms with van der Waals surface area (Å²) in [7, 11) is 3.92. The summed E-state index contributed by atoms with van der Waals surface area (Å²) in [6.07, 6.45) is 5.80. The second-order valence-electron chi connectivity index (χ2n) is 7.95. The Balaban J connectivity index is 1.78. The predicted molar refractivity (Wildman–Crippen MR) is 111 cm³/mol. The van der Waals surface area contributed by atoms with E-state index in [1.54, 1.807) is 16.7 Å². The fraction of sp³-hybridized carbons (Fsp3) is 0.619. The molecule has 0 unspecified atom stereocenters. The summed E-state index contributed by atoms with van der Waals surface area (Å²) in [4.78, 5) is 30.0. The third kappa shape index (κ3) is 5.06. The normalized spacial score (nSPS) is 23.2. The second kappa shape index (κ2) is 9.74. The topological polar surface area (TPSA) is 52.7 Å². The molecule has 154 valence electrons. The minimum atomic E-state index is -0.475. The van der Waals surface area contributed by atoms with Gasteiger partial charge in [-0.15, -0.1) is 11.8 Å². The van der Waals surface area contributed by atoms with Crippen molar-refractivity contribution < 1.29 is 14.0 Å². The van der Waals surface area contributed by atoms with Gasteiger partial charge in [0.2, 0.25) is 5.91 Å². The van der Waals surface area contributed by atoms with Crippen molar-refractivity contribution in [3.63, 3.8) is 0 Å². The second-order valence-corrected chi connectivity index (χ2v) is 9.10. The van der Waals surface area contributed by atoms with Gasteiger partial charge >= 0.3 is 0 Å². The Kier molecular flexibility index (Phi) is 7.35. The van der Waals surface area contributed by atoms with Crippen molar-refractivity contribution in [2.75, 3.05) is 32.9 Å². The number of carbonyl (C=O) groups excluding carboxylic acids is 2. The molecule has 2 atom stereocenters. The van der Waals surface area contributed by atoms with Crippen LogP contribution in [-0.2, 0) is 4.79 Å². The van der Waals surface area contributed by atoms with Crippen molar-refractivity contribution >= 4 is 23.6 Å². The van der Waals surface area contributed by atoms with Gasteiger partial charge in [0.15, 0.2) is 0 Å². The van der Waals surface area contributed by atoms with Gasteiger partial charge in [-0.2, -0.15) is 0 Å². The number of nitrogens with one attached hydrogen (secondary N) is 1. The van der Waals surface area contributed by atoms with E-state index in [4.69, 9.17) is 0 Å². The molecular weight excluding hydrogens is 377 g/mol. The van der Waals surface area contributed by atoms with E-state index in [9.17, 15) is 14.0 Å². The van der Waals surface area contributed by atoms with Gasteiger partial charge in [0.05, 0.1) is 5.37 Å². The van der Waals surface area contributed by atoms with Gasteiger partial charge in [0, 0.05) is 24.4 Å². The van der Waals surface area contributed by atoms with Crippen LogP contribution in [0.4, 0.5) is 4.39 Å². The molecule has 2 amide bonds.